The van der Waals surface area contributed by atoms with Gasteiger partial charge in [-0.2, -0.15) is 0 Å². The second-order valence-corrected chi connectivity index (χ2v) is 11.3. The molecular weight excluding hydrogens is 476 g/mol. The van der Waals surface area contributed by atoms with Crippen molar-refractivity contribution in [3.05, 3.63) is 58.6 Å². The maximum Gasteiger partial charge on any atom is 0.412 e. The fraction of sp³-hybridized carbons (Fsp3) is 0.464. The lowest BCUT2D eigenvalue weighted by atomic mass is 9.83. The molecule has 1 fully saturated rings. The maximum absolute atomic E-state index is 12.4. The third-order valence-electron chi connectivity index (χ3n) is 6.25. The van der Waals surface area contributed by atoms with Crippen LogP contribution in [0, 0.1) is 5.92 Å². The number of hydrogen-bond acceptors (Lipinski definition) is 7. The zero-order valence-electron chi connectivity index (χ0n) is 21.3. The molecule has 192 valence electrons. The number of carbonyl (C=O) groups excluding carboxylic acids is 2. The number of fused-ring (bicyclic) bond motifs is 1. The van der Waals surface area contributed by atoms with Gasteiger partial charge in [0.15, 0.2) is 0 Å². The smallest absolute Gasteiger partial charge is 0.412 e. The summed E-state index contributed by atoms with van der Waals surface area (Å²) < 4.78 is 17.2. The van der Waals surface area contributed by atoms with E-state index >= 15 is 0 Å². The average Bonchev–Trinajstić information content (AvgIpc) is 3.26. The lowest BCUT2D eigenvalue weighted by molar-refractivity contribution is 0.0602. The quantitative estimate of drug-likeness (QED) is 0.347. The molecule has 1 aliphatic carbocycles. The zero-order chi connectivity index (χ0) is 25.7. The monoisotopic (exact) mass is 510 g/mol. The van der Waals surface area contributed by atoms with Gasteiger partial charge in [0.25, 0.3) is 0 Å². The van der Waals surface area contributed by atoms with E-state index in [1.54, 1.807) is 44.2 Å². The number of nitrogens with zero attached hydrogens (tertiary/aromatic N) is 1. The average molecular weight is 511 g/mol. The minimum Gasteiger partial charge on any atom is -0.465 e. The van der Waals surface area contributed by atoms with Crippen molar-refractivity contribution in [3.63, 3.8) is 0 Å². The lowest BCUT2D eigenvalue weighted by Gasteiger charge is -2.27. The Kier molecular flexibility index (Phi) is 8.26. The van der Waals surface area contributed by atoms with Crippen molar-refractivity contribution in [1.29, 1.82) is 0 Å². The SMILES string of the molecule is COC(=O)c1cc2nc(C3CCC(COCc4ccccc4)CC3)sc2cc1NC(=O)OC(C)(C)C. The Morgan fingerprint density at radius 2 is 1.81 bits per heavy atom. The number of thiazole rings is 1. The first-order valence-corrected chi connectivity index (χ1v) is 13.2. The van der Waals surface area contributed by atoms with E-state index < -0.39 is 17.7 Å². The van der Waals surface area contributed by atoms with Gasteiger partial charge in [-0.25, -0.2) is 14.6 Å². The summed E-state index contributed by atoms with van der Waals surface area (Å²) in [5.41, 5.74) is 1.90. The number of benzene rings is 2. The molecule has 1 heterocycles. The molecule has 0 saturated heterocycles. The summed E-state index contributed by atoms with van der Waals surface area (Å²) in [4.78, 5) is 29.6. The van der Waals surface area contributed by atoms with Gasteiger partial charge in [-0.3, -0.25) is 5.32 Å². The molecule has 1 aromatic heterocycles. The van der Waals surface area contributed by atoms with E-state index in [0.29, 0.717) is 24.1 Å². The third kappa shape index (κ3) is 6.83. The molecule has 0 spiro atoms. The van der Waals surface area contributed by atoms with Crippen molar-refractivity contribution >= 4 is 39.3 Å². The minimum atomic E-state index is -0.650. The highest BCUT2D eigenvalue weighted by Gasteiger charge is 2.26. The van der Waals surface area contributed by atoms with Gasteiger partial charge in [-0.1, -0.05) is 30.3 Å². The summed E-state index contributed by atoms with van der Waals surface area (Å²) in [6.07, 6.45) is 3.71. The molecule has 36 heavy (non-hydrogen) atoms. The van der Waals surface area contributed by atoms with Gasteiger partial charge >= 0.3 is 12.1 Å². The fourth-order valence-corrected chi connectivity index (χ4v) is 5.61. The van der Waals surface area contributed by atoms with Crippen LogP contribution < -0.4 is 5.32 Å². The van der Waals surface area contributed by atoms with E-state index in [1.165, 1.54) is 12.7 Å². The van der Waals surface area contributed by atoms with Crippen LogP contribution in [0.15, 0.2) is 42.5 Å². The van der Waals surface area contributed by atoms with Gasteiger partial charge in [0.2, 0.25) is 0 Å². The van der Waals surface area contributed by atoms with E-state index in [2.05, 4.69) is 17.4 Å². The van der Waals surface area contributed by atoms with Gasteiger partial charge in [0, 0.05) is 12.5 Å². The molecule has 2 aromatic carbocycles. The van der Waals surface area contributed by atoms with Crippen LogP contribution in [0.3, 0.4) is 0 Å². The molecule has 0 radical (unpaired) electrons. The molecule has 0 unspecified atom stereocenters. The second-order valence-electron chi connectivity index (χ2n) is 10.3. The number of ether oxygens (including phenoxy) is 3. The Hall–Kier alpha value is -2.97. The Balaban J connectivity index is 1.41. The number of esters is 1. The van der Waals surface area contributed by atoms with Gasteiger partial charge in [-0.15, -0.1) is 11.3 Å². The summed E-state index contributed by atoms with van der Waals surface area (Å²) in [6, 6.07) is 13.7. The van der Waals surface area contributed by atoms with Gasteiger partial charge in [-0.05, 0) is 70.1 Å². The first-order valence-electron chi connectivity index (χ1n) is 12.4. The Morgan fingerprint density at radius 1 is 1.08 bits per heavy atom. The molecule has 1 aliphatic rings. The van der Waals surface area contributed by atoms with Gasteiger partial charge in [0.05, 0.1) is 40.2 Å². The minimum absolute atomic E-state index is 0.256. The highest BCUT2D eigenvalue weighted by molar-refractivity contribution is 7.18. The van der Waals surface area contributed by atoms with Crippen molar-refractivity contribution in [2.45, 2.75) is 64.6 Å². The summed E-state index contributed by atoms with van der Waals surface area (Å²) in [5, 5.41) is 3.77. The van der Waals surface area contributed by atoms with Crippen molar-refractivity contribution in [1.82, 2.24) is 4.98 Å². The number of carbonyl (C=O) groups is 2. The van der Waals surface area contributed by atoms with Crippen LogP contribution in [-0.2, 0) is 20.8 Å². The highest BCUT2D eigenvalue weighted by Crippen LogP contribution is 2.40. The second kappa shape index (κ2) is 11.4. The third-order valence-corrected chi connectivity index (χ3v) is 7.43. The molecule has 0 aliphatic heterocycles. The lowest BCUT2D eigenvalue weighted by Crippen LogP contribution is -2.27. The van der Waals surface area contributed by atoms with Crippen LogP contribution in [0.2, 0.25) is 0 Å². The number of anilines is 1. The van der Waals surface area contributed by atoms with E-state index in [9.17, 15) is 9.59 Å². The molecular formula is C28H34N2O5S. The summed E-state index contributed by atoms with van der Waals surface area (Å²) in [6.45, 7) is 6.80. The molecule has 3 aromatic rings. The molecule has 0 bridgehead atoms. The number of nitrogens with one attached hydrogen (secondary N) is 1. The molecule has 0 atom stereocenters. The molecule has 1 N–H and O–H groups in total. The van der Waals surface area contributed by atoms with E-state index in [4.69, 9.17) is 19.2 Å². The predicted octanol–water partition coefficient (Wildman–Crippen LogP) is 6.92. The van der Waals surface area contributed by atoms with E-state index in [-0.39, 0.29) is 5.56 Å². The summed E-state index contributed by atoms with van der Waals surface area (Å²) >= 11 is 1.62. The van der Waals surface area contributed by atoms with Gasteiger partial charge < -0.3 is 14.2 Å². The standard InChI is InChI=1S/C28H34N2O5S/c1-28(2,3)35-27(32)30-22-15-24-23(14-21(22)26(31)33-4)29-25(36-24)20-12-10-19(11-13-20)17-34-16-18-8-6-5-7-9-18/h5-9,14-15,19-20H,10-13,16-17H2,1-4H3,(H,30,32). The number of methoxy groups -OCH3 is 1. The van der Waals surface area contributed by atoms with Crippen molar-refractivity contribution in [2.75, 3.05) is 19.0 Å². The summed E-state index contributed by atoms with van der Waals surface area (Å²) in [5.74, 6) is 0.417. The van der Waals surface area contributed by atoms with Crippen LogP contribution in [0.1, 0.15) is 73.3 Å². The number of hydrogen-bond donors (Lipinski definition) is 1. The van der Waals surface area contributed by atoms with Crippen LogP contribution >= 0.6 is 11.3 Å². The Labute approximate surface area is 216 Å². The van der Waals surface area contributed by atoms with E-state index in [1.807, 2.05) is 18.2 Å². The first-order chi connectivity index (χ1) is 17.2. The van der Waals surface area contributed by atoms with Crippen molar-refractivity contribution in [3.8, 4) is 0 Å². The van der Waals surface area contributed by atoms with Crippen LogP contribution in [0.25, 0.3) is 10.2 Å². The Morgan fingerprint density at radius 3 is 2.47 bits per heavy atom. The topological polar surface area (TPSA) is 86.8 Å². The largest absolute Gasteiger partial charge is 0.465 e. The molecule has 8 heteroatoms. The highest BCUT2D eigenvalue weighted by atomic mass is 32.1. The Bertz CT molecular complexity index is 1190. The molecule has 4 rings (SSSR count). The van der Waals surface area contributed by atoms with E-state index in [0.717, 1.165) is 47.5 Å². The van der Waals surface area contributed by atoms with Crippen LogP contribution in [0.5, 0.6) is 0 Å². The number of rotatable bonds is 7. The maximum atomic E-state index is 12.4. The number of amides is 1. The van der Waals surface area contributed by atoms with Crippen LogP contribution in [-0.4, -0.2) is 36.4 Å². The number of aromatic nitrogens is 1. The van der Waals surface area contributed by atoms with Gasteiger partial charge in [0.1, 0.15) is 5.60 Å². The van der Waals surface area contributed by atoms with Crippen molar-refractivity contribution in [2.24, 2.45) is 5.92 Å². The summed E-state index contributed by atoms with van der Waals surface area (Å²) in [7, 11) is 1.32. The van der Waals surface area contributed by atoms with Crippen LogP contribution in [0.4, 0.5) is 10.5 Å². The fourth-order valence-electron chi connectivity index (χ4n) is 4.46. The molecule has 1 saturated carbocycles. The van der Waals surface area contributed by atoms with Crippen molar-refractivity contribution < 1.29 is 23.8 Å². The predicted molar refractivity (Wildman–Crippen MR) is 142 cm³/mol. The molecule has 7 nitrogen and oxygen atoms in total. The zero-order valence-corrected chi connectivity index (χ0v) is 22.2. The first kappa shape index (κ1) is 26.1. The molecule has 1 amide bonds. The normalized spacial score (nSPS) is 18.1.